The van der Waals surface area contributed by atoms with E-state index in [0.29, 0.717) is 65.9 Å². The van der Waals surface area contributed by atoms with Crippen molar-refractivity contribution < 1.29 is 19.1 Å². The predicted molar refractivity (Wildman–Crippen MR) is 158 cm³/mol. The number of nitrogens with zero attached hydrogens (tertiary/aromatic N) is 4. The van der Waals surface area contributed by atoms with Crippen molar-refractivity contribution in [2.45, 2.75) is 19.3 Å². The summed E-state index contributed by atoms with van der Waals surface area (Å²) in [6.07, 6.45) is 0.524. The van der Waals surface area contributed by atoms with Crippen LogP contribution < -0.4 is 15.2 Å². The van der Waals surface area contributed by atoms with Crippen LogP contribution in [0.5, 0.6) is 5.75 Å². The molecule has 4 aromatic rings. The van der Waals surface area contributed by atoms with E-state index in [-0.39, 0.29) is 29.8 Å². The summed E-state index contributed by atoms with van der Waals surface area (Å²) in [6.45, 7) is 4.01. The fourth-order valence-electron chi connectivity index (χ4n) is 5.88. The van der Waals surface area contributed by atoms with Crippen LogP contribution in [0.1, 0.15) is 44.8 Å². The van der Waals surface area contributed by atoms with E-state index in [1.165, 1.54) is 4.90 Å². The molecule has 3 aromatic carbocycles. The molecule has 0 bridgehead atoms. The number of piperazine rings is 1. The summed E-state index contributed by atoms with van der Waals surface area (Å²) in [6, 6.07) is 20.1. The maximum Gasteiger partial charge on any atom is 0.272 e. The van der Waals surface area contributed by atoms with Crippen LogP contribution in [0.25, 0.3) is 10.8 Å². The first-order chi connectivity index (χ1) is 20.4. The van der Waals surface area contributed by atoms with Crippen LogP contribution in [0, 0.1) is 0 Å². The van der Waals surface area contributed by atoms with Crippen molar-refractivity contribution in [2.75, 3.05) is 44.7 Å². The lowest BCUT2D eigenvalue weighted by Crippen LogP contribution is -2.50. The third-order valence-electron chi connectivity index (χ3n) is 8.17. The molecule has 3 amide bonds. The molecule has 2 aliphatic rings. The molecule has 10 nitrogen and oxygen atoms in total. The normalized spacial score (nSPS) is 15.7. The van der Waals surface area contributed by atoms with Crippen molar-refractivity contribution in [2.24, 2.45) is 0 Å². The van der Waals surface area contributed by atoms with E-state index in [2.05, 4.69) is 15.1 Å². The maximum atomic E-state index is 13.5. The number of imide groups is 1. The average molecular weight is 566 g/mol. The van der Waals surface area contributed by atoms with Gasteiger partial charge >= 0.3 is 0 Å². The highest BCUT2D eigenvalue weighted by molar-refractivity contribution is 6.23. The molecule has 1 atom stereocenters. The molecule has 6 rings (SSSR count). The molecule has 0 unspecified atom stereocenters. The number of H-pyrrole nitrogens is 1. The van der Waals surface area contributed by atoms with E-state index in [9.17, 15) is 19.2 Å². The summed E-state index contributed by atoms with van der Waals surface area (Å²) in [5.41, 5.74) is 2.77. The smallest absolute Gasteiger partial charge is 0.272 e. The summed E-state index contributed by atoms with van der Waals surface area (Å²) in [4.78, 5) is 57.6. The van der Waals surface area contributed by atoms with E-state index in [1.807, 2.05) is 42.5 Å². The van der Waals surface area contributed by atoms with Gasteiger partial charge in [-0.25, -0.2) is 5.10 Å². The highest BCUT2D eigenvalue weighted by atomic mass is 16.5. The summed E-state index contributed by atoms with van der Waals surface area (Å²) in [5.74, 6) is -0.476. The molecule has 2 aliphatic heterocycles. The molecule has 0 aliphatic carbocycles. The first-order valence-electron chi connectivity index (χ1n) is 14.0. The zero-order valence-corrected chi connectivity index (χ0v) is 23.5. The Labute approximate surface area is 242 Å². The number of amides is 3. The lowest BCUT2D eigenvalue weighted by atomic mass is 9.99. The number of carbonyl (C=O) groups is 3. The van der Waals surface area contributed by atoms with Gasteiger partial charge in [0, 0.05) is 38.1 Å². The Morgan fingerprint density at radius 3 is 2.43 bits per heavy atom. The second kappa shape index (κ2) is 11.1. The quantitative estimate of drug-likeness (QED) is 0.342. The fourth-order valence-corrected chi connectivity index (χ4v) is 5.88. The number of hydrogen-bond acceptors (Lipinski definition) is 7. The zero-order valence-electron chi connectivity index (χ0n) is 23.5. The van der Waals surface area contributed by atoms with Crippen LogP contribution >= 0.6 is 0 Å². The topological polar surface area (TPSA) is 116 Å². The van der Waals surface area contributed by atoms with Gasteiger partial charge in [0.2, 0.25) is 5.91 Å². The van der Waals surface area contributed by atoms with Crippen molar-refractivity contribution in [1.82, 2.24) is 20.0 Å². The summed E-state index contributed by atoms with van der Waals surface area (Å²) < 4.78 is 5.29. The van der Waals surface area contributed by atoms with Crippen LogP contribution in [0.15, 0.2) is 71.5 Å². The van der Waals surface area contributed by atoms with Gasteiger partial charge in [-0.2, -0.15) is 5.10 Å². The van der Waals surface area contributed by atoms with Crippen LogP contribution in [0.3, 0.4) is 0 Å². The lowest BCUT2D eigenvalue weighted by molar-refractivity contribution is -0.132. The summed E-state index contributed by atoms with van der Waals surface area (Å²) in [5, 5.41) is 7.90. The Balaban J connectivity index is 1.15. The van der Waals surface area contributed by atoms with Gasteiger partial charge in [0.05, 0.1) is 40.9 Å². The molecule has 0 spiro atoms. The number of nitrogens with one attached hydrogen (secondary N) is 1. The van der Waals surface area contributed by atoms with E-state index in [0.717, 1.165) is 11.3 Å². The van der Waals surface area contributed by atoms with Gasteiger partial charge < -0.3 is 14.5 Å². The highest BCUT2D eigenvalue weighted by Crippen LogP contribution is 2.33. The van der Waals surface area contributed by atoms with Crippen LogP contribution in [0.4, 0.5) is 5.69 Å². The number of aromatic amines is 1. The molecular weight excluding hydrogens is 534 g/mol. The van der Waals surface area contributed by atoms with Crippen molar-refractivity contribution in [3.05, 3.63) is 99.5 Å². The minimum absolute atomic E-state index is 0.0763. The van der Waals surface area contributed by atoms with Crippen molar-refractivity contribution >= 4 is 34.2 Å². The molecule has 0 saturated carbocycles. The van der Waals surface area contributed by atoms with Gasteiger partial charge in [0.1, 0.15) is 5.75 Å². The first kappa shape index (κ1) is 27.2. The SMILES string of the molecule is COc1cccc(CCN2C(=O)c3cccc(N4CCN(C(=O)[C@@H](C)c5n[nH]c(=O)c6ccccc56)CC4)c3C2=O)c1. The van der Waals surface area contributed by atoms with E-state index < -0.39 is 5.92 Å². The number of hydrogen-bond donors (Lipinski definition) is 1. The number of fused-ring (bicyclic) bond motifs is 2. The number of rotatable bonds is 7. The average Bonchev–Trinajstić information content (AvgIpc) is 3.28. The molecule has 3 heterocycles. The molecule has 214 valence electrons. The maximum absolute atomic E-state index is 13.5. The first-order valence-corrected chi connectivity index (χ1v) is 14.0. The van der Waals surface area contributed by atoms with Crippen molar-refractivity contribution in [1.29, 1.82) is 0 Å². The van der Waals surface area contributed by atoms with Gasteiger partial charge in [0.15, 0.2) is 0 Å². The number of benzene rings is 3. The number of carbonyl (C=O) groups excluding carboxylic acids is 3. The standard InChI is InChI=1S/C32H31N5O5/c1-20(28-23-9-3-4-10-24(23)29(38)34-33-28)30(39)36-17-15-35(16-18-36)26-12-6-11-25-27(26)32(41)37(31(25)40)14-13-21-7-5-8-22(19-21)42-2/h3-12,19-20H,13-18H2,1-2H3,(H,34,38)/t20-/m0/s1. The number of methoxy groups -OCH3 is 1. The van der Waals surface area contributed by atoms with Crippen LogP contribution in [0.2, 0.25) is 0 Å². The molecule has 0 radical (unpaired) electrons. The van der Waals surface area contributed by atoms with Crippen LogP contribution in [-0.2, 0) is 11.2 Å². The van der Waals surface area contributed by atoms with E-state index in [1.54, 1.807) is 43.2 Å². The predicted octanol–water partition coefficient (Wildman–Crippen LogP) is 3.22. The third-order valence-corrected chi connectivity index (χ3v) is 8.17. The molecule has 1 aromatic heterocycles. The van der Waals surface area contributed by atoms with E-state index in [4.69, 9.17) is 4.74 Å². The van der Waals surface area contributed by atoms with E-state index >= 15 is 0 Å². The third kappa shape index (κ3) is 4.78. The largest absolute Gasteiger partial charge is 0.497 e. The van der Waals surface area contributed by atoms with Crippen molar-refractivity contribution in [3.63, 3.8) is 0 Å². The minimum Gasteiger partial charge on any atom is -0.497 e. The van der Waals surface area contributed by atoms with Crippen molar-refractivity contribution in [3.8, 4) is 5.75 Å². The molecule has 42 heavy (non-hydrogen) atoms. The monoisotopic (exact) mass is 565 g/mol. The van der Waals surface area contributed by atoms with Gasteiger partial charge in [-0.15, -0.1) is 0 Å². The molecule has 1 saturated heterocycles. The molecule has 10 heteroatoms. The Hall–Kier alpha value is -4.99. The Bertz CT molecular complexity index is 1760. The van der Waals surface area contributed by atoms with Crippen LogP contribution in [-0.4, -0.2) is 77.6 Å². The highest BCUT2D eigenvalue weighted by Gasteiger charge is 2.39. The number of anilines is 1. The Morgan fingerprint density at radius 2 is 1.67 bits per heavy atom. The number of ether oxygens (including phenoxy) is 1. The van der Waals surface area contributed by atoms with Gasteiger partial charge in [0.25, 0.3) is 17.4 Å². The molecule has 1 N–H and O–H groups in total. The summed E-state index contributed by atoms with van der Waals surface area (Å²) >= 11 is 0. The summed E-state index contributed by atoms with van der Waals surface area (Å²) in [7, 11) is 1.60. The lowest BCUT2D eigenvalue weighted by Gasteiger charge is -2.37. The Morgan fingerprint density at radius 1 is 0.929 bits per heavy atom. The number of aromatic nitrogens is 2. The van der Waals surface area contributed by atoms with Gasteiger partial charge in [-0.3, -0.25) is 24.1 Å². The van der Waals surface area contributed by atoms with Gasteiger partial charge in [-0.1, -0.05) is 36.4 Å². The van der Waals surface area contributed by atoms with Gasteiger partial charge in [-0.05, 0) is 49.2 Å². The fraction of sp³-hybridized carbons (Fsp3) is 0.281. The zero-order chi connectivity index (χ0) is 29.4. The Kier molecular flexibility index (Phi) is 7.20. The molecule has 1 fully saturated rings. The second-order valence-corrected chi connectivity index (χ2v) is 10.6. The minimum atomic E-state index is -0.545. The molecular formula is C32H31N5O5. The second-order valence-electron chi connectivity index (χ2n) is 10.6.